The van der Waals surface area contributed by atoms with Gasteiger partial charge in [0.1, 0.15) is 5.82 Å². The maximum absolute atomic E-state index is 5.18. The maximum atomic E-state index is 5.18. The van der Waals surface area contributed by atoms with E-state index in [0.29, 0.717) is 5.82 Å². The largest absolute Gasteiger partial charge is 0.384 e. The predicted octanol–water partition coefficient (Wildman–Crippen LogP) is -0.141. The number of anilines is 1. The molecule has 0 bridgehead atoms. The molecule has 0 saturated heterocycles. The first kappa shape index (κ1) is 4.05. The summed E-state index contributed by atoms with van der Waals surface area (Å²) in [4.78, 5) is 7.05. The minimum atomic E-state index is 0.454. The van der Waals surface area contributed by atoms with Gasteiger partial charge in [-0.05, 0) is 6.07 Å². The highest BCUT2D eigenvalue weighted by molar-refractivity contribution is 5.22. The molecule has 1 aromatic heterocycles. The van der Waals surface area contributed by atoms with Crippen LogP contribution < -0.4 is 5.73 Å². The van der Waals surface area contributed by atoms with E-state index in [1.165, 1.54) is 0 Å². The van der Waals surface area contributed by atoms with E-state index in [9.17, 15) is 0 Å². The molecule has 35 valence electrons. The lowest BCUT2D eigenvalue weighted by Crippen LogP contribution is -1.87. The number of nitrogen functional groups attached to an aromatic ring is 1. The number of rotatable bonds is 0. The van der Waals surface area contributed by atoms with Crippen LogP contribution in [0.5, 0.6) is 0 Å². The van der Waals surface area contributed by atoms with Gasteiger partial charge in [0, 0.05) is 6.20 Å². The van der Waals surface area contributed by atoms with Crippen molar-refractivity contribution >= 4 is 5.82 Å². The average Bonchev–Trinajstić information content (AvgIpc) is 1.69. The van der Waals surface area contributed by atoms with Gasteiger partial charge in [0.15, 0.2) is 6.33 Å². The smallest absolute Gasteiger partial charge is 0.199 e. The zero-order valence-corrected chi connectivity index (χ0v) is 3.63. The van der Waals surface area contributed by atoms with Crippen LogP contribution >= 0.6 is 0 Å². The molecule has 0 amide bonds. The van der Waals surface area contributed by atoms with E-state index in [1.807, 2.05) is 0 Å². The Labute approximate surface area is 41.2 Å². The van der Waals surface area contributed by atoms with Crippen molar-refractivity contribution in [3.8, 4) is 0 Å². The first-order valence-corrected chi connectivity index (χ1v) is 1.84. The fourth-order valence-corrected chi connectivity index (χ4v) is 0.271. The Morgan fingerprint density at radius 3 is 2.86 bits per heavy atom. The summed E-state index contributed by atoms with van der Waals surface area (Å²) in [6, 6.07) is 1.61. The fourth-order valence-electron chi connectivity index (χ4n) is 0.271. The number of aromatic nitrogens is 2. The monoisotopic (exact) mass is 94.0 g/mol. The third-order valence-electron chi connectivity index (χ3n) is 0.557. The number of hydrogen-bond donors (Lipinski definition) is 1. The molecule has 1 rings (SSSR count). The lowest BCUT2D eigenvalue weighted by Gasteiger charge is -1.81. The summed E-state index contributed by atoms with van der Waals surface area (Å²) in [6.45, 7) is 0. The van der Waals surface area contributed by atoms with Gasteiger partial charge in [-0.1, -0.05) is 0 Å². The number of nitrogens with two attached hydrogens (primary N) is 1. The summed E-state index contributed by atoms with van der Waals surface area (Å²) < 4.78 is 0. The Balaban J connectivity index is 3.02. The highest BCUT2D eigenvalue weighted by Gasteiger charge is 1.75. The molecule has 3 heteroatoms. The molecular formula is C4H4N3. The molecule has 0 aliphatic rings. The first-order chi connectivity index (χ1) is 3.39. The van der Waals surface area contributed by atoms with Gasteiger partial charge in [0.25, 0.3) is 0 Å². The summed E-state index contributed by atoms with van der Waals surface area (Å²) in [5.41, 5.74) is 5.18. The zero-order valence-electron chi connectivity index (χ0n) is 3.63. The third kappa shape index (κ3) is 0.855. The van der Waals surface area contributed by atoms with Crippen LogP contribution in [-0.2, 0) is 0 Å². The molecular weight excluding hydrogens is 90.1 g/mol. The van der Waals surface area contributed by atoms with E-state index in [0.717, 1.165) is 0 Å². The van der Waals surface area contributed by atoms with Crippen molar-refractivity contribution in [2.45, 2.75) is 0 Å². The second-order valence-corrected chi connectivity index (χ2v) is 1.08. The molecule has 0 aliphatic carbocycles. The number of hydrogen-bond acceptors (Lipinski definition) is 3. The van der Waals surface area contributed by atoms with E-state index in [1.54, 1.807) is 12.3 Å². The van der Waals surface area contributed by atoms with Crippen LogP contribution in [0.1, 0.15) is 0 Å². The summed E-state index contributed by atoms with van der Waals surface area (Å²) in [6.07, 6.45) is 3.88. The molecule has 0 atom stereocenters. The normalized spacial score (nSPS) is 8.57. The standard InChI is InChI=1S/C4H4N3/c5-4-1-2-6-3-7-4/h1-2H,(H2,5,6,7). The Bertz CT molecular complexity index is 137. The van der Waals surface area contributed by atoms with Gasteiger partial charge in [-0.2, -0.15) is 0 Å². The maximum Gasteiger partial charge on any atom is 0.199 e. The molecule has 0 fully saturated rings. The van der Waals surface area contributed by atoms with Crippen LogP contribution in [0.25, 0.3) is 0 Å². The van der Waals surface area contributed by atoms with Crippen LogP contribution in [0.4, 0.5) is 5.82 Å². The zero-order chi connectivity index (χ0) is 5.11. The van der Waals surface area contributed by atoms with Crippen LogP contribution in [0, 0.1) is 6.33 Å². The molecule has 3 nitrogen and oxygen atoms in total. The first-order valence-electron chi connectivity index (χ1n) is 1.84. The van der Waals surface area contributed by atoms with Crippen molar-refractivity contribution in [3.63, 3.8) is 0 Å². The van der Waals surface area contributed by atoms with Gasteiger partial charge < -0.3 is 5.73 Å². The highest BCUT2D eigenvalue weighted by atomic mass is 14.9. The number of nitrogens with zero attached hydrogens (tertiary/aromatic N) is 2. The molecule has 7 heavy (non-hydrogen) atoms. The van der Waals surface area contributed by atoms with Gasteiger partial charge in [-0.3, -0.25) is 0 Å². The minimum Gasteiger partial charge on any atom is -0.384 e. The third-order valence-corrected chi connectivity index (χ3v) is 0.557. The van der Waals surface area contributed by atoms with Gasteiger partial charge in [0.05, 0.1) is 0 Å². The summed E-state index contributed by atoms with van der Waals surface area (Å²) in [7, 11) is 0. The molecule has 1 radical (unpaired) electrons. The van der Waals surface area contributed by atoms with E-state index in [4.69, 9.17) is 5.73 Å². The minimum absolute atomic E-state index is 0.454. The van der Waals surface area contributed by atoms with Crippen LogP contribution in [0.3, 0.4) is 0 Å². The lowest BCUT2D eigenvalue weighted by molar-refractivity contribution is 1.16. The van der Waals surface area contributed by atoms with Gasteiger partial charge >= 0.3 is 0 Å². The predicted molar refractivity (Wildman–Crippen MR) is 25.3 cm³/mol. The summed E-state index contributed by atoms with van der Waals surface area (Å²) >= 11 is 0. The molecule has 2 N–H and O–H groups in total. The highest BCUT2D eigenvalue weighted by Crippen LogP contribution is 1.85. The van der Waals surface area contributed by atoms with Crippen molar-refractivity contribution in [2.24, 2.45) is 0 Å². The molecule has 0 saturated carbocycles. The average molecular weight is 94.1 g/mol. The SMILES string of the molecule is Nc1ccn[c]n1. The lowest BCUT2D eigenvalue weighted by atomic mass is 10.6. The van der Waals surface area contributed by atoms with Crippen LogP contribution in [-0.4, -0.2) is 9.97 Å². The van der Waals surface area contributed by atoms with E-state index in [-0.39, 0.29) is 0 Å². The second-order valence-electron chi connectivity index (χ2n) is 1.08. The molecule has 1 aromatic rings. The molecule has 0 spiro atoms. The van der Waals surface area contributed by atoms with E-state index in [2.05, 4.69) is 16.3 Å². The Hall–Kier alpha value is -1.12. The van der Waals surface area contributed by atoms with E-state index < -0.39 is 0 Å². The van der Waals surface area contributed by atoms with Crippen LogP contribution in [0.15, 0.2) is 12.3 Å². The van der Waals surface area contributed by atoms with Crippen LogP contribution in [0.2, 0.25) is 0 Å². The Morgan fingerprint density at radius 2 is 2.57 bits per heavy atom. The quantitative estimate of drug-likeness (QED) is 0.486. The second kappa shape index (κ2) is 1.55. The van der Waals surface area contributed by atoms with Crippen molar-refractivity contribution < 1.29 is 0 Å². The summed E-state index contributed by atoms with van der Waals surface area (Å²) in [5, 5.41) is 0. The molecule has 0 aromatic carbocycles. The van der Waals surface area contributed by atoms with Crippen molar-refractivity contribution in [3.05, 3.63) is 18.6 Å². The molecule has 1 heterocycles. The van der Waals surface area contributed by atoms with E-state index >= 15 is 0 Å². The topological polar surface area (TPSA) is 51.8 Å². The molecule has 0 aliphatic heterocycles. The molecule has 0 unspecified atom stereocenters. The Kier molecular flexibility index (Phi) is 0.898. The van der Waals surface area contributed by atoms with Gasteiger partial charge in [-0.25, -0.2) is 9.97 Å². The van der Waals surface area contributed by atoms with Crippen molar-refractivity contribution in [2.75, 3.05) is 5.73 Å². The van der Waals surface area contributed by atoms with Crippen molar-refractivity contribution in [1.29, 1.82) is 0 Å². The van der Waals surface area contributed by atoms with Crippen molar-refractivity contribution in [1.82, 2.24) is 9.97 Å². The van der Waals surface area contributed by atoms with Gasteiger partial charge in [0.2, 0.25) is 0 Å². The fraction of sp³-hybridized carbons (Fsp3) is 0. The Morgan fingerprint density at radius 1 is 1.71 bits per heavy atom. The summed E-state index contributed by atoms with van der Waals surface area (Å²) in [5.74, 6) is 0.454. The van der Waals surface area contributed by atoms with Gasteiger partial charge in [-0.15, -0.1) is 0 Å².